The molecule has 1 fully saturated rings. The Bertz CT molecular complexity index is 421. The van der Waals surface area contributed by atoms with Crippen LogP contribution in [0.1, 0.15) is 17.5 Å². The fraction of sp³-hybridized carbons (Fsp3) is 0.417. The molecule has 2 nitrogen and oxygen atoms in total. The fourth-order valence-corrected chi connectivity index (χ4v) is 2.28. The smallest absolute Gasteiger partial charge is 0.224 e. The molecule has 0 aliphatic carbocycles. The van der Waals surface area contributed by atoms with Crippen molar-refractivity contribution in [3.63, 3.8) is 0 Å². The molecule has 4 heteroatoms. The Labute approximate surface area is 99.9 Å². The van der Waals surface area contributed by atoms with E-state index in [2.05, 4.69) is 12.6 Å². The lowest BCUT2D eigenvalue weighted by molar-refractivity contribution is -0.128. The van der Waals surface area contributed by atoms with E-state index in [0.29, 0.717) is 25.1 Å². The second-order valence-electron chi connectivity index (χ2n) is 4.22. The monoisotopic (exact) mass is 239 g/mol. The predicted molar refractivity (Wildman–Crippen MR) is 63.9 cm³/mol. The zero-order valence-corrected chi connectivity index (χ0v) is 10.0. The first-order valence-electron chi connectivity index (χ1n) is 5.27. The molecule has 1 aromatic carbocycles. The Kier molecular flexibility index (Phi) is 3.19. The van der Waals surface area contributed by atoms with Crippen molar-refractivity contribution >= 4 is 18.5 Å². The van der Waals surface area contributed by atoms with Gasteiger partial charge in [-0.05, 0) is 24.1 Å². The SMILES string of the molecule is Cc1cc(CN2CC(S)CC2=O)ccc1F. The van der Waals surface area contributed by atoms with E-state index < -0.39 is 0 Å². The Morgan fingerprint density at radius 1 is 1.56 bits per heavy atom. The maximum absolute atomic E-state index is 13.1. The number of halogens is 1. The average molecular weight is 239 g/mol. The molecule has 0 radical (unpaired) electrons. The van der Waals surface area contributed by atoms with Crippen molar-refractivity contribution in [3.05, 3.63) is 35.1 Å². The van der Waals surface area contributed by atoms with E-state index in [1.807, 2.05) is 0 Å². The van der Waals surface area contributed by atoms with Gasteiger partial charge in [-0.3, -0.25) is 4.79 Å². The Morgan fingerprint density at radius 3 is 2.88 bits per heavy atom. The highest BCUT2D eigenvalue weighted by Gasteiger charge is 2.26. The molecule has 1 heterocycles. The normalized spacial score (nSPS) is 20.6. The maximum atomic E-state index is 13.1. The average Bonchev–Trinajstić information content (AvgIpc) is 2.51. The molecule has 86 valence electrons. The molecule has 0 spiro atoms. The summed E-state index contributed by atoms with van der Waals surface area (Å²) in [6.07, 6.45) is 0.503. The van der Waals surface area contributed by atoms with Crippen LogP contribution < -0.4 is 0 Å². The van der Waals surface area contributed by atoms with Crippen LogP contribution in [0, 0.1) is 12.7 Å². The van der Waals surface area contributed by atoms with Gasteiger partial charge >= 0.3 is 0 Å². The van der Waals surface area contributed by atoms with Gasteiger partial charge < -0.3 is 4.90 Å². The van der Waals surface area contributed by atoms with Crippen LogP contribution in [0.3, 0.4) is 0 Å². The third kappa shape index (κ3) is 2.38. The van der Waals surface area contributed by atoms with E-state index in [-0.39, 0.29) is 17.0 Å². The number of likely N-dealkylation sites (tertiary alicyclic amines) is 1. The molecule has 16 heavy (non-hydrogen) atoms. The van der Waals surface area contributed by atoms with Crippen molar-refractivity contribution in [1.82, 2.24) is 4.90 Å². The van der Waals surface area contributed by atoms with Crippen LogP contribution in [0.25, 0.3) is 0 Å². The first-order valence-corrected chi connectivity index (χ1v) is 5.79. The molecule has 1 amide bonds. The summed E-state index contributed by atoms with van der Waals surface area (Å²) in [5.74, 6) is -0.0782. The lowest BCUT2D eigenvalue weighted by Crippen LogP contribution is -2.24. The number of carbonyl (C=O) groups is 1. The molecule has 2 rings (SSSR count). The van der Waals surface area contributed by atoms with E-state index in [4.69, 9.17) is 0 Å². The lowest BCUT2D eigenvalue weighted by Gasteiger charge is -2.16. The third-order valence-corrected chi connectivity index (χ3v) is 3.14. The molecule has 1 saturated heterocycles. The van der Waals surface area contributed by atoms with E-state index in [1.54, 1.807) is 24.0 Å². The van der Waals surface area contributed by atoms with Gasteiger partial charge in [0, 0.05) is 24.8 Å². The molecule has 1 atom stereocenters. The third-order valence-electron chi connectivity index (χ3n) is 2.79. The van der Waals surface area contributed by atoms with Crippen molar-refractivity contribution in [2.24, 2.45) is 0 Å². The summed E-state index contributed by atoms with van der Waals surface area (Å²) >= 11 is 4.29. The number of hydrogen-bond acceptors (Lipinski definition) is 2. The summed E-state index contributed by atoms with van der Waals surface area (Å²) in [5.41, 5.74) is 1.58. The summed E-state index contributed by atoms with van der Waals surface area (Å²) < 4.78 is 13.1. The zero-order valence-electron chi connectivity index (χ0n) is 9.11. The second-order valence-corrected chi connectivity index (χ2v) is 4.95. The second kappa shape index (κ2) is 4.45. The highest BCUT2D eigenvalue weighted by molar-refractivity contribution is 7.81. The topological polar surface area (TPSA) is 20.3 Å². The van der Waals surface area contributed by atoms with Gasteiger partial charge in [0.1, 0.15) is 5.82 Å². The van der Waals surface area contributed by atoms with Crippen LogP contribution in [0.4, 0.5) is 4.39 Å². The van der Waals surface area contributed by atoms with Gasteiger partial charge in [0.25, 0.3) is 0 Å². The summed E-state index contributed by atoms with van der Waals surface area (Å²) in [6, 6.07) is 4.96. The Hall–Kier alpha value is -1.03. The van der Waals surface area contributed by atoms with Crippen molar-refractivity contribution < 1.29 is 9.18 Å². The summed E-state index contributed by atoms with van der Waals surface area (Å²) in [4.78, 5) is 13.3. The number of hydrogen-bond donors (Lipinski definition) is 1. The van der Waals surface area contributed by atoms with E-state index in [0.717, 1.165) is 5.56 Å². The first-order chi connectivity index (χ1) is 7.56. The summed E-state index contributed by atoms with van der Waals surface area (Å²) in [7, 11) is 0. The van der Waals surface area contributed by atoms with Gasteiger partial charge in [0.05, 0.1) is 0 Å². The summed E-state index contributed by atoms with van der Waals surface area (Å²) in [5, 5.41) is 0.133. The van der Waals surface area contributed by atoms with Crippen molar-refractivity contribution in [2.45, 2.75) is 25.1 Å². The molecular weight excluding hydrogens is 225 g/mol. The van der Waals surface area contributed by atoms with Gasteiger partial charge in [-0.25, -0.2) is 4.39 Å². The molecular formula is C12H14FNOS. The molecule has 1 aliphatic heterocycles. The number of rotatable bonds is 2. The lowest BCUT2D eigenvalue weighted by atomic mass is 10.1. The Morgan fingerprint density at radius 2 is 2.31 bits per heavy atom. The van der Waals surface area contributed by atoms with Crippen molar-refractivity contribution in [1.29, 1.82) is 0 Å². The Balaban J connectivity index is 2.09. The van der Waals surface area contributed by atoms with Crippen LogP contribution in [-0.2, 0) is 11.3 Å². The molecule has 1 aliphatic rings. The number of thiol groups is 1. The van der Waals surface area contributed by atoms with E-state index in [1.165, 1.54) is 6.07 Å². The minimum Gasteiger partial charge on any atom is -0.337 e. The van der Waals surface area contributed by atoms with Gasteiger partial charge in [-0.1, -0.05) is 12.1 Å². The van der Waals surface area contributed by atoms with Gasteiger partial charge in [-0.15, -0.1) is 0 Å². The van der Waals surface area contributed by atoms with Gasteiger partial charge in [0.15, 0.2) is 0 Å². The molecule has 1 unspecified atom stereocenters. The number of carbonyl (C=O) groups excluding carboxylic acids is 1. The van der Waals surface area contributed by atoms with Crippen LogP contribution in [0.2, 0.25) is 0 Å². The highest BCUT2D eigenvalue weighted by Crippen LogP contribution is 2.19. The van der Waals surface area contributed by atoms with Gasteiger partial charge in [-0.2, -0.15) is 12.6 Å². The van der Waals surface area contributed by atoms with Crippen LogP contribution in [0.5, 0.6) is 0 Å². The minimum atomic E-state index is -0.205. The number of aryl methyl sites for hydroxylation is 1. The first kappa shape index (κ1) is 11.5. The van der Waals surface area contributed by atoms with E-state index >= 15 is 0 Å². The molecule has 0 aromatic heterocycles. The minimum absolute atomic E-state index is 0.127. The summed E-state index contributed by atoms with van der Waals surface area (Å²) in [6.45, 7) is 2.96. The van der Waals surface area contributed by atoms with Gasteiger partial charge in [0.2, 0.25) is 5.91 Å². The molecule has 0 saturated carbocycles. The highest BCUT2D eigenvalue weighted by atomic mass is 32.1. The molecule has 0 N–H and O–H groups in total. The van der Waals surface area contributed by atoms with Crippen molar-refractivity contribution in [2.75, 3.05) is 6.54 Å². The number of benzene rings is 1. The van der Waals surface area contributed by atoms with Crippen LogP contribution >= 0.6 is 12.6 Å². The maximum Gasteiger partial charge on any atom is 0.224 e. The number of nitrogens with zero attached hydrogens (tertiary/aromatic N) is 1. The van der Waals surface area contributed by atoms with E-state index in [9.17, 15) is 9.18 Å². The fourth-order valence-electron chi connectivity index (χ4n) is 1.93. The molecule has 1 aromatic rings. The zero-order chi connectivity index (χ0) is 11.7. The number of amides is 1. The van der Waals surface area contributed by atoms with Crippen molar-refractivity contribution in [3.8, 4) is 0 Å². The largest absolute Gasteiger partial charge is 0.337 e. The molecule has 0 bridgehead atoms. The standard InChI is InChI=1S/C12H14FNOS/c1-8-4-9(2-3-11(8)13)6-14-7-10(16)5-12(14)15/h2-4,10,16H,5-7H2,1H3. The predicted octanol–water partition coefficient (Wildman–Crippen LogP) is 2.16. The van der Waals surface area contributed by atoms with Crippen LogP contribution in [-0.4, -0.2) is 22.6 Å². The van der Waals surface area contributed by atoms with Crippen LogP contribution in [0.15, 0.2) is 18.2 Å². The quantitative estimate of drug-likeness (QED) is 0.784.